The van der Waals surface area contributed by atoms with Crippen molar-refractivity contribution >= 4 is 17.5 Å². The number of methoxy groups -OCH3 is 1. The van der Waals surface area contributed by atoms with Crippen molar-refractivity contribution in [2.45, 2.75) is 38.3 Å². The van der Waals surface area contributed by atoms with Gasteiger partial charge in [-0.05, 0) is 37.1 Å². The lowest BCUT2D eigenvalue weighted by molar-refractivity contribution is 0.0695. The summed E-state index contributed by atoms with van der Waals surface area (Å²) in [6.07, 6.45) is 2.78. The number of carbonyl (C=O) groups is 1. The summed E-state index contributed by atoms with van der Waals surface area (Å²) in [5.74, 6) is -0.291. The van der Waals surface area contributed by atoms with Gasteiger partial charge in [-0.1, -0.05) is 13.0 Å². The molecular weight excluding hydrogens is 453 g/mol. The van der Waals surface area contributed by atoms with Crippen molar-refractivity contribution in [3.63, 3.8) is 0 Å². The van der Waals surface area contributed by atoms with Crippen molar-refractivity contribution in [2.75, 3.05) is 30.4 Å². The summed E-state index contributed by atoms with van der Waals surface area (Å²) < 4.78 is 25.8. The van der Waals surface area contributed by atoms with Crippen molar-refractivity contribution in [2.24, 2.45) is 0 Å². The van der Waals surface area contributed by atoms with E-state index in [4.69, 9.17) is 9.47 Å². The molecule has 1 aromatic carbocycles. The molecule has 10 heteroatoms. The number of fused-ring (bicyclic) bond motifs is 3. The van der Waals surface area contributed by atoms with Crippen LogP contribution >= 0.6 is 0 Å². The van der Waals surface area contributed by atoms with Gasteiger partial charge < -0.3 is 24.8 Å². The Kier molecular flexibility index (Phi) is 5.66. The number of hydrogen-bond donors (Lipinski definition) is 2. The van der Waals surface area contributed by atoms with E-state index < -0.39 is 11.8 Å². The number of aryl methyl sites for hydroxylation is 1. The number of para-hydroxylation sites is 1. The molecule has 2 aliphatic heterocycles. The molecule has 1 fully saturated rings. The smallest absolute Gasteiger partial charge is 0.337 e. The van der Waals surface area contributed by atoms with Crippen molar-refractivity contribution in [3.8, 4) is 22.9 Å². The largest absolute Gasteiger partial charge is 0.493 e. The minimum atomic E-state index is -1.01. The summed E-state index contributed by atoms with van der Waals surface area (Å²) >= 11 is 0. The number of halogens is 1. The number of aromatic carboxylic acids is 1. The van der Waals surface area contributed by atoms with Crippen molar-refractivity contribution in [1.29, 1.82) is 0 Å². The first-order valence-corrected chi connectivity index (χ1v) is 11.4. The number of carboxylic acids is 1. The molecule has 0 spiro atoms. The van der Waals surface area contributed by atoms with E-state index in [0.717, 1.165) is 18.5 Å². The molecule has 2 aromatic heterocycles. The topological polar surface area (TPSA) is 110 Å². The van der Waals surface area contributed by atoms with Gasteiger partial charge in [0.25, 0.3) is 0 Å². The third-order valence-corrected chi connectivity index (χ3v) is 6.92. The van der Waals surface area contributed by atoms with Gasteiger partial charge in [-0.3, -0.25) is 0 Å². The van der Waals surface area contributed by atoms with E-state index in [1.54, 1.807) is 25.1 Å². The molecule has 0 radical (unpaired) electrons. The highest BCUT2D eigenvalue weighted by molar-refractivity contribution is 5.89. The van der Waals surface area contributed by atoms with Gasteiger partial charge in [-0.25, -0.2) is 14.2 Å². The van der Waals surface area contributed by atoms with Gasteiger partial charge in [0.1, 0.15) is 6.10 Å². The van der Waals surface area contributed by atoms with Crippen LogP contribution in [0.3, 0.4) is 0 Å². The van der Waals surface area contributed by atoms with Crippen LogP contribution in [0.1, 0.15) is 35.7 Å². The van der Waals surface area contributed by atoms with E-state index in [9.17, 15) is 14.3 Å². The zero-order valence-corrected chi connectivity index (χ0v) is 19.7. The number of nitrogens with zero attached hydrogens (tertiary/aromatic N) is 4. The lowest BCUT2D eigenvalue weighted by Crippen LogP contribution is -2.52. The molecule has 4 heterocycles. The highest BCUT2D eigenvalue weighted by Gasteiger charge is 2.49. The molecule has 0 aliphatic carbocycles. The van der Waals surface area contributed by atoms with Gasteiger partial charge in [-0.15, -0.1) is 10.2 Å². The van der Waals surface area contributed by atoms with E-state index in [0.29, 0.717) is 41.6 Å². The predicted molar refractivity (Wildman–Crippen MR) is 128 cm³/mol. The molecule has 0 unspecified atom stereocenters. The summed E-state index contributed by atoms with van der Waals surface area (Å²) in [4.78, 5) is 17.8. The van der Waals surface area contributed by atoms with Gasteiger partial charge in [-0.2, -0.15) is 0 Å². The number of carboxylic acid groups (broad SMARTS) is 1. The second kappa shape index (κ2) is 8.68. The molecule has 1 saturated heterocycles. The molecule has 0 bridgehead atoms. The molecule has 3 aromatic rings. The standard InChI is InChI=1S/C25H26FN5O4/c1-4-25-10-15(35-21-8-14(2)17(11-27-21)24(32)33)12-31(25)20-9-19(29-30-23(20)28-13-25)16-6-5-7-18(26)22(16)34-3/h5-9,11,15H,4,10,12-13H2,1-3H3,(H,28,30)(H,32,33)/t15-,25-/m1/s1. The third kappa shape index (κ3) is 3.88. The first-order chi connectivity index (χ1) is 16.8. The third-order valence-electron chi connectivity index (χ3n) is 6.92. The number of ether oxygens (including phenoxy) is 2. The van der Waals surface area contributed by atoms with Gasteiger partial charge in [0.15, 0.2) is 17.4 Å². The molecule has 35 heavy (non-hydrogen) atoms. The normalized spacial score (nSPS) is 20.6. The van der Waals surface area contributed by atoms with E-state index >= 15 is 0 Å². The summed E-state index contributed by atoms with van der Waals surface area (Å²) in [7, 11) is 1.43. The number of nitrogens with one attached hydrogen (secondary N) is 1. The Hall–Kier alpha value is -3.95. The number of pyridine rings is 1. The van der Waals surface area contributed by atoms with Gasteiger partial charge >= 0.3 is 5.97 Å². The predicted octanol–water partition coefficient (Wildman–Crippen LogP) is 3.92. The molecule has 0 amide bonds. The lowest BCUT2D eigenvalue weighted by atomic mass is 9.90. The highest BCUT2D eigenvalue weighted by atomic mass is 19.1. The van der Waals surface area contributed by atoms with Crippen LogP contribution in [-0.2, 0) is 0 Å². The average molecular weight is 480 g/mol. The Labute approximate surface area is 201 Å². The first kappa shape index (κ1) is 22.8. The number of anilines is 2. The van der Waals surface area contributed by atoms with Crippen LogP contribution in [0.4, 0.5) is 15.9 Å². The first-order valence-electron chi connectivity index (χ1n) is 11.4. The quantitative estimate of drug-likeness (QED) is 0.543. The Morgan fingerprint density at radius 1 is 1.34 bits per heavy atom. The Balaban J connectivity index is 1.46. The maximum Gasteiger partial charge on any atom is 0.337 e. The number of aromatic nitrogens is 3. The maximum absolute atomic E-state index is 14.3. The van der Waals surface area contributed by atoms with Crippen molar-refractivity contribution < 1.29 is 23.8 Å². The van der Waals surface area contributed by atoms with Crippen molar-refractivity contribution in [1.82, 2.24) is 15.2 Å². The molecule has 2 aliphatic rings. The van der Waals surface area contributed by atoms with Gasteiger partial charge in [0, 0.05) is 30.8 Å². The fourth-order valence-corrected chi connectivity index (χ4v) is 5.06. The molecule has 2 atom stereocenters. The SMILES string of the molecule is CC[C@@]12CNc3nnc(-c4cccc(F)c4OC)cc3N1C[C@H](Oc1cc(C)c(C(=O)O)cn1)C2. The summed E-state index contributed by atoms with van der Waals surface area (Å²) in [6, 6.07) is 8.28. The fraction of sp³-hybridized carbons (Fsp3) is 0.360. The Morgan fingerprint density at radius 3 is 2.89 bits per heavy atom. The number of benzene rings is 1. The molecule has 9 nitrogen and oxygen atoms in total. The van der Waals surface area contributed by atoms with Crippen LogP contribution in [0, 0.1) is 12.7 Å². The Morgan fingerprint density at radius 2 is 2.17 bits per heavy atom. The van der Waals surface area contributed by atoms with E-state index in [2.05, 4.69) is 32.3 Å². The summed E-state index contributed by atoms with van der Waals surface area (Å²) in [6.45, 7) is 5.13. The van der Waals surface area contributed by atoms with E-state index in [1.165, 1.54) is 19.4 Å². The fourth-order valence-electron chi connectivity index (χ4n) is 5.06. The Bertz CT molecular complexity index is 1300. The van der Waals surface area contributed by atoms with Crippen molar-refractivity contribution in [3.05, 3.63) is 53.5 Å². The van der Waals surface area contributed by atoms with Crippen LogP contribution in [0.5, 0.6) is 11.6 Å². The van der Waals surface area contributed by atoms with Crippen LogP contribution in [0.15, 0.2) is 36.5 Å². The molecule has 0 saturated carbocycles. The molecule has 2 N–H and O–H groups in total. The lowest BCUT2D eigenvalue weighted by Gasteiger charge is -2.43. The number of rotatable bonds is 6. The second-order valence-electron chi connectivity index (χ2n) is 8.91. The van der Waals surface area contributed by atoms with Crippen LogP contribution in [-0.4, -0.2) is 58.1 Å². The monoisotopic (exact) mass is 479 g/mol. The summed E-state index contributed by atoms with van der Waals surface area (Å²) in [5.41, 5.74) is 2.45. The molecule has 182 valence electrons. The van der Waals surface area contributed by atoms with Crippen LogP contribution in [0.2, 0.25) is 0 Å². The van der Waals surface area contributed by atoms with Crippen LogP contribution in [0.25, 0.3) is 11.3 Å². The minimum Gasteiger partial charge on any atom is -0.493 e. The van der Waals surface area contributed by atoms with Gasteiger partial charge in [0.05, 0.1) is 36.1 Å². The van der Waals surface area contributed by atoms with Gasteiger partial charge in [0.2, 0.25) is 5.88 Å². The zero-order valence-electron chi connectivity index (χ0n) is 19.7. The molecular formula is C25H26FN5O4. The average Bonchev–Trinajstić information content (AvgIpc) is 3.22. The number of hydrogen-bond acceptors (Lipinski definition) is 8. The zero-order chi connectivity index (χ0) is 24.7. The van der Waals surface area contributed by atoms with Crippen LogP contribution < -0.4 is 19.7 Å². The summed E-state index contributed by atoms with van der Waals surface area (Å²) in [5, 5.41) is 21.4. The highest BCUT2D eigenvalue weighted by Crippen LogP contribution is 2.45. The van der Waals surface area contributed by atoms with E-state index in [-0.39, 0.29) is 23.0 Å². The maximum atomic E-state index is 14.3. The van der Waals surface area contributed by atoms with E-state index in [1.807, 2.05) is 6.07 Å². The molecule has 5 rings (SSSR count). The second-order valence-corrected chi connectivity index (χ2v) is 8.91. The minimum absolute atomic E-state index is 0.126.